The molecule has 0 unspecified atom stereocenters. The highest BCUT2D eigenvalue weighted by Gasteiger charge is 2.21. The van der Waals surface area contributed by atoms with Gasteiger partial charge in [-0.05, 0) is 37.6 Å². The van der Waals surface area contributed by atoms with Gasteiger partial charge in [0.15, 0.2) is 0 Å². The van der Waals surface area contributed by atoms with Gasteiger partial charge in [0, 0.05) is 24.7 Å². The van der Waals surface area contributed by atoms with Crippen LogP contribution in [0, 0.1) is 0 Å². The van der Waals surface area contributed by atoms with Crippen molar-refractivity contribution in [2.24, 2.45) is 0 Å². The van der Waals surface area contributed by atoms with E-state index >= 15 is 0 Å². The molecule has 0 aromatic heterocycles. The second-order valence-electron chi connectivity index (χ2n) is 4.88. The van der Waals surface area contributed by atoms with E-state index in [0.717, 1.165) is 39.0 Å². The number of rotatable bonds is 4. The van der Waals surface area contributed by atoms with Gasteiger partial charge in [0.2, 0.25) is 0 Å². The van der Waals surface area contributed by atoms with Crippen molar-refractivity contribution in [2.75, 3.05) is 32.8 Å². The molecular formula is C15H22Cl2N2O2. The minimum absolute atomic E-state index is 0. The van der Waals surface area contributed by atoms with Crippen molar-refractivity contribution < 1.29 is 9.53 Å². The van der Waals surface area contributed by atoms with Crippen LogP contribution in [0.3, 0.4) is 0 Å². The standard InChI is InChI=1S/C15H21ClN2O2.ClH/c1-2-10-20-14-5-4-12(16)11-13(14)15(19)18-8-3-6-17-7-9-18;/h4-5,11,17H,2-3,6-10H2,1H3;1H. The van der Waals surface area contributed by atoms with Crippen molar-refractivity contribution in [1.29, 1.82) is 0 Å². The topological polar surface area (TPSA) is 41.6 Å². The number of nitrogens with zero attached hydrogens (tertiary/aromatic N) is 1. The predicted molar refractivity (Wildman–Crippen MR) is 87.9 cm³/mol. The first-order valence-corrected chi connectivity index (χ1v) is 7.52. The van der Waals surface area contributed by atoms with Crippen LogP contribution in [0.4, 0.5) is 0 Å². The van der Waals surface area contributed by atoms with E-state index in [1.54, 1.807) is 18.2 Å². The molecule has 1 fully saturated rings. The minimum atomic E-state index is 0. The van der Waals surface area contributed by atoms with Gasteiger partial charge in [-0.3, -0.25) is 4.79 Å². The van der Waals surface area contributed by atoms with E-state index in [9.17, 15) is 4.79 Å². The van der Waals surface area contributed by atoms with Crippen LogP contribution in [0.5, 0.6) is 5.75 Å². The fourth-order valence-electron chi connectivity index (χ4n) is 2.23. The Hall–Kier alpha value is -0.970. The zero-order chi connectivity index (χ0) is 14.4. The molecule has 0 radical (unpaired) electrons. The second kappa shape index (κ2) is 9.13. The van der Waals surface area contributed by atoms with Gasteiger partial charge in [0.25, 0.3) is 5.91 Å². The lowest BCUT2D eigenvalue weighted by atomic mass is 10.1. The number of nitrogens with one attached hydrogen (secondary N) is 1. The molecule has 2 rings (SSSR count). The molecule has 0 spiro atoms. The Morgan fingerprint density at radius 1 is 1.38 bits per heavy atom. The molecule has 1 aliphatic heterocycles. The van der Waals surface area contributed by atoms with Crippen LogP contribution in [0.15, 0.2) is 18.2 Å². The number of carbonyl (C=O) groups is 1. The van der Waals surface area contributed by atoms with E-state index in [4.69, 9.17) is 16.3 Å². The molecular weight excluding hydrogens is 311 g/mol. The number of carbonyl (C=O) groups excluding carboxylic acids is 1. The Kier molecular flexibility index (Phi) is 7.86. The third-order valence-corrected chi connectivity index (χ3v) is 3.50. The first kappa shape index (κ1) is 18.1. The summed E-state index contributed by atoms with van der Waals surface area (Å²) in [5, 5.41) is 3.85. The van der Waals surface area contributed by atoms with Crippen LogP contribution in [0.2, 0.25) is 5.02 Å². The first-order chi connectivity index (χ1) is 9.72. The van der Waals surface area contributed by atoms with Crippen molar-refractivity contribution in [3.05, 3.63) is 28.8 Å². The van der Waals surface area contributed by atoms with E-state index in [1.165, 1.54) is 0 Å². The molecule has 4 nitrogen and oxygen atoms in total. The number of amides is 1. The van der Waals surface area contributed by atoms with E-state index < -0.39 is 0 Å². The monoisotopic (exact) mass is 332 g/mol. The number of ether oxygens (including phenoxy) is 1. The van der Waals surface area contributed by atoms with Crippen molar-refractivity contribution in [2.45, 2.75) is 19.8 Å². The van der Waals surface area contributed by atoms with Crippen LogP contribution in [0.1, 0.15) is 30.1 Å². The van der Waals surface area contributed by atoms with Crippen LogP contribution in [-0.4, -0.2) is 43.6 Å². The van der Waals surface area contributed by atoms with Crippen LogP contribution in [0.25, 0.3) is 0 Å². The van der Waals surface area contributed by atoms with Gasteiger partial charge in [-0.1, -0.05) is 18.5 Å². The second-order valence-corrected chi connectivity index (χ2v) is 5.32. The molecule has 0 bridgehead atoms. The zero-order valence-corrected chi connectivity index (χ0v) is 13.8. The van der Waals surface area contributed by atoms with Gasteiger partial charge in [-0.2, -0.15) is 0 Å². The number of halogens is 2. The van der Waals surface area contributed by atoms with Gasteiger partial charge in [-0.25, -0.2) is 0 Å². The van der Waals surface area contributed by atoms with Crippen molar-refractivity contribution in [3.63, 3.8) is 0 Å². The number of benzene rings is 1. The Balaban J connectivity index is 0.00000220. The molecule has 21 heavy (non-hydrogen) atoms. The molecule has 1 N–H and O–H groups in total. The maximum Gasteiger partial charge on any atom is 0.257 e. The predicted octanol–water partition coefficient (Wildman–Crippen LogP) is 2.99. The fraction of sp³-hybridized carbons (Fsp3) is 0.533. The molecule has 1 saturated heterocycles. The lowest BCUT2D eigenvalue weighted by molar-refractivity contribution is 0.0762. The van der Waals surface area contributed by atoms with Crippen molar-refractivity contribution >= 4 is 29.9 Å². The first-order valence-electron chi connectivity index (χ1n) is 7.14. The highest BCUT2D eigenvalue weighted by atomic mass is 35.5. The van der Waals surface area contributed by atoms with E-state index in [2.05, 4.69) is 5.32 Å². The summed E-state index contributed by atoms with van der Waals surface area (Å²) in [6.45, 7) is 5.92. The van der Waals surface area contributed by atoms with Gasteiger partial charge >= 0.3 is 0 Å². The quantitative estimate of drug-likeness (QED) is 0.921. The van der Waals surface area contributed by atoms with Crippen molar-refractivity contribution in [1.82, 2.24) is 10.2 Å². The van der Waals surface area contributed by atoms with Crippen molar-refractivity contribution in [3.8, 4) is 5.75 Å². The van der Waals surface area contributed by atoms with Gasteiger partial charge < -0.3 is 15.0 Å². The highest BCUT2D eigenvalue weighted by molar-refractivity contribution is 6.31. The van der Waals surface area contributed by atoms with Gasteiger partial charge in [-0.15, -0.1) is 12.4 Å². The SMILES string of the molecule is CCCOc1ccc(Cl)cc1C(=O)N1CCCNCC1.Cl. The molecule has 0 aliphatic carbocycles. The average molecular weight is 333 g/mol. The number of hydrogen-bond donors (Lipinski definition) is 1. The summed E-state index contributed by atoms with van der Waals surface area (Å²) in [5.74, 6) is 0.626. The fourth-order valence-corrected chi connectivity index (χ4v) is 2.40. The summed E-state index contributed by atoms with van der Waals surface area (Å²) in [6.07, 6.45) is 1.88. The molecule has 0 atom stereocenters. The van der Waals surface area contributed by atoms with E-state index in [-0.39, 0.29) is 18.3 Å². The summed E-state index contributed by atoms with van der Waals surface area (Å²) in [6, 6.07) is 5.24. The van der Waals surface area contributed by atoms with Crippen LogP contribution < -0.4 is 10.1 Å². The smallest absolute Gasteiger partial charge is 0.257 e. The lowest BCUT2D eigenvalue weighted by Crippen LogP contribution is -2.34. The van der Waals surface area contributed by atoms with Crippen LogP contribution >= 0.6 is 24.0 Å². The minimum Gasteiger partial charge on any atom is -0.493 e. The summed E-state index contributed by atoms with van der Waals surface area (Å²) in [5.41, 5.74) is 0.563. The highest BCUT2D eigenvalue weighted by Crippen LogP contribution is 2.25. The van der Waals surface area contributed by atoms with E-state index in [0.29, 0.717) is 22.9 Å². The normalized spacial score (nSPS) is 15.0. The Bertz CT molecular complexity index is 461. The summed E-state index contributed by atoms with van der Waals surface area (Å²) >= 11 is 6.03. The summed E-state index contributed by atoms with van der Waals surface area (Å²) in [4.78, 5) is 14.5. The third-order valence-electron chi connectivity index (χ3n) is 3.26. The molecule has 1 aromatic carbocycles. The molecule has 1 amide bonds. The summed E-state index contributed by atoms with van der Waals surface area (Å²) in [7, 11) is 0. The molecule has 0 saturated carbocycles. The Labute approximate surface area is 137 Å². The van der Waals surface area contributed by atoms with Crippen LogP contribution in [-0.2, 0) is 0 Å². The largest absolute Gasteiger partial charge is 0.493 e. The summed E-state index contributed by atoms with van der Waals surface area (Å²) < 4.78 is 5.66. The Morgan fingerprint density at radius 3 is 2.95 bits per heavy atom. The Morgan fingerprint density at radius 2 is 2.19 bits per heavy atom. The molecule has 1 aromatic rings. The molecule has 1 heterocycles. The molecule has 1 aliphatic rings. The van der Waals surface area contributed by atoms with E-state index in [1.807, 2.05) is 11.8 Å². The maximum absolute atomic E-state index is 12.6. The zero-order valence-electron chi connectivity index (χ0n) is 12.2. The van der Waals surface area contributed by atoms with Gasteiger partial charge in [0.05, 0.1) is 12.2 Å². The number of hydrogen-bond acceptors (Lipinski definition) is 3. The average Bonchev–Trinajstić information content (AvgIpc) is 2.74. The third kappa shape index (κ3) is 5.06. The molecule has 6 heteroatoms. The maximum atomic E-state index is 12.6. The lowest BCUT2D eigenvalue weighted by Gasteiger charge is -2.21. The molecule has 118 valence electrons. The van der Waals surface area contributed by atoms with Gasteiger partial charge in [0.1, 0.15) is 5.75 Å².